The zero-order chi connectivity index (χ0) is 15.4. The van der Waals surface area contributed by atoms with Gasteiger partial charge in [0.25, 0.3) is 0 Å². The molecule has 0 radical (unpaired) electrons. The second kappa shape index (κ2) is 7.50. The first-order chi connectivity index (χ1) is 10.7. The topological polar surface area (TPSA) is 66.7 Å². The fraction of sp³-hybridized carbons (Fsp3) is 0.867. The molecule has 22 heavy (non-hydrogen) atoms. The molecule has 3 heterocycles. The van der Waals surface area contributed by atoms with Crippen molar-refractivity contribution in [2.45, 2.75) is 32.5 Å². The second-order valence-electron chi connectivity index (χ2n) is 6.51. The standard InChI is InChI=1S/C15H27N5O2/c1-13-8-18(5-6-21)3-4-19(13)10-15-11-20(17-16-15)9-14-2-7-22-12-14/h11,13-14,21H,2-10,12H2,1H3. The summed E-state index contributed by atoms with van der Waals surface area (Å²) in [5, 5.41) is 17.6. The number of aliphatic hydroxyl groups excluding tert-OH is 1. The molecule has 2 fully saturated rings. The van der Waals surface area contributed by atoms with Crippen LogP contribution in [-0.4, -0.2) is 81.9 Å². The van der Waals surface area contributed by atoms with Gasteiger partial charge >= 0.3 is 0 Å². The third kappa shape index (κ3) is 4.04. The van der Waals surface area contributed by atoms with E-state index in [1.807, 2.05) is 4.68 Å². The summed E-state index contributed by atoms with van der Waals surface area (Å²) in [6.07, 6.45) is 3.20. The Labute approximate surface area is 131 Å². The largest absolute Gasteiger partial charge is 0.395 e. The van der Waals surface area contributed by atoms with Crippen LogP contribution in [0.15, 0.2) is 6.20 Å². The number of piperazine rings is 1. The molecule has 2 unspecified atom stereocenters. The van der Waals surface area contributed by atoms with E-state index in [9.17, 15) is 0 Å². The Balaban J connectivity index is 1.49. The van der Waals surface area contributed by atoms with Crippen molar-refractivity contribution in [3.8, 4) is 0 Å². The van der Waals surface area contributed by atoms with E-state index in [2.05, 4.69) is 33.2 Å². The lowest BCUT2D eigenvalue weighted by Gasteiger charge is -2.39. The van der Waals surface area contributed by atoms with E-state index in [1.54, 1.807) is 0 Å². The number of aliphatic hydroxyl groups is 1. The molecule has 124 valence electrons. The Morgan fingerprint density at radius 3 is 3.05 bits per heavy atom. The van der Waals surface area contributed by atoms with Gasteiger partial charge in [-0.1, -0.05) is 5.21 Å². The van der Waals surface area contributed by atoms with E-state index in [0.29, 0.717) is 12.0 Å². The van der Waals surface area contributed by atoms with Crippen molar-refractivity contribution >= 4 is 0 Å². The Morgan fingerprint density at radius 1 is 1.41 bits per heavy atom. The number of ether oxygens (including phenoxy) is 1. The predicted octanol–water partition coefficient (Wildman–Crippen LogP) is -0.187. The SMILES string of the molecule is CC1CN(CCO)CCN1Cc1cn(CC2CCOC2)nn1. The van der Waals surface area contributed by atoms with Crippen molar-refractivity contribution < 1.29 is 9.84 Å². The smallest absolute Gasteiger partial charge is 0.0967 e. The van der Waals surface area contributed by atoms with Gasteiger partial charge in [0.15, 0.2) is 0 Å². The van der Waals surface area contributed by atoms with E-state index in [4.69, 9.17) is 9.84 Å². The normalized spacial score (nSPS) is 27.5. The van der Waals surface area contributed by atoms with Gasteiger partial charge in [0.05, 0.1) is 18.9 Å². The second-order valence-corrected chi connectivity index (χ2v) is 6.51. The van der Waals surface area contributed by atoms with Crippen molar-refractivity contribution in [1.82, 2.24) is 24.8 Å². The Bertz CT molecular complexity index is 461. The fourth-order valence-corrected chi connectivity index (χ4v) is 3.35. The minimum Gasteiger partial charge on any atom is -0.395 e. The van der Waals surface area contributed by atoms with Gasteiger partial charge in [0.2, 0.25) is 0 Å². The summed E-state index contributed by atoms with van der Waals surface area (Å²) >= 11 is 0. The molecule has 0 amide bonds. The molecule has 0 bridgehead atoms. The number of rotatable bonds is 6. The first-order valence-corrected chi connectivity index (χ1v) is 8.28. The van der Waals surface area contributed by atoms with E-state index in [1.165, 1.54) is 0 Å². The third-order valence-electron chi connectivity index (χ3n) is 4.69. The molecule has 0 aliphatic carbocycles. The minimum absolute atomic E-state index is 0.242. The van der Waals surface area contributed by atoms with Gasteiger partial charge in [-0.05, 0) is 13.3 Å². The summed E-state index contributed by atoms with van der Waals surface area (Å²) in [4.78, 5) is 4.76. The number of nitrogens with zero attached hydrogens (tertiary/aromatic N) is 5. The average Bonchev–Trinajstić information content (AvgIpc) is 3.15. The van der Waals surface area contributed by atoms with Crippen molar-refractivity contribution in [3.05, 3.63) is 11.9 Å². The van der Waals surface area contributed by atoms with Crippen molar-refractivity contribution in [2.75, 3.05) is 46.0 Å². The molecule has 7 nitrogen and oxygen atoms in total. The molecule has 1 aromatic rings. The van der Waals surface area contributed by atoms with Gasteiger partial charge in [0, 0.05) is 64.0 Å². The summed E-state index contributed by atoms with van der Waals surface area (Å²) in [5.74, 6) is 0.579. The third-order valence-corrected chi connectivity index (χ3v) is 4.69. The molecule has 2 atom stereocenters. The lowest BCUT2D eigenvalue weighted by Crippen LogP contribution is -2.51. The number of aromatic nitrogens is 3. The van der Waals surface area contributed by atoms with Gasteiger partial charge in [-0.2, -0.15) is 0 Å². The maximum absolute atomic E-state index is 9.04. The summed E-state index contributed by atoms with van der Waals surface area (Å²) < 4.78 is 7.37. The predicted molar refractivity (Wildman–Crippen MR) is 82.3 cm³/mol. The van der Waals surface area contributed by atoms with Crippen LogP contribution in [0.2, 0.25) is 0 Å². The summed E-state index contributed by atoms with van der Waals surface area (Å²) in [5.41, 5.74) is 1.04. The first kappa shape index (κ1) is 15.9. The Kier molecular flexibility index (Phi) is 5.41. The van der Waals surface area contributed by atoms with Crippen LogP contribution in [0.3, 0.4) is 0 Å². The number of β-amino-alcohol motifs (C(OH)–C–C–N with tert-alkyl or cyclic N) is 1. The first-order valence-electron chi connectivity index (χ1n) is 8.28. The summed E-state index contributed by atoms with van der Waals surface area (Å²) in [6, 6.07) is 0.480. The van der Waals surface area contributed by atoms with Gasteiger partial charge in [0.1, 0.15) is 0 Å². The lowest BCUT2D eigenvalue weighted by atomic mass is 10.1. The number of hydrogen-bond donors (Lipinski definition) is 1. The van der Waals surface area contributed by atoms with Gasteiger partial charge in [-0.3, -0.25) is 14.5 Å². The van der Waals surface area contributed by atoms with E-state index in [0.717, 1.165) is 64.6 Å². The monoisotopic (exact) mass is 309 g/mol. The molecule has 0 aromatic carbocycles. The van der Waals surface area contributed by atoms with Gasteiger partial charge < -0.3 is 9.84 Å². The summed E-state index contributed by atoms with van der Waals surface area (Å²) in [7, 11) is 0. The highest BCUT2D eigenvalue weighted by Crippen LogP contribution is 2.15. The average molecular weight is 309 g/mol. The maximum atomic E-state index is 9.04. The quantitative estimate of drug-likeness (QED) is 0.786. The highest BCUT2D eigenvalue weighted by atomic mass is 16.5. The van der Waals surface area contributed by atoms with Crippen molar-refractivity contribution in [2.24, 2.45) is 5.92 Å². The van der Waals surface area contributed by atoms with Crippen molar-refractivity contribution in [1.29, 1.82) is 0 Å². The molecule has 2 aliphatic heterocycles. The molecule has 2 saturated heterocycles. The van der Waals surface area contributed by atoms with Crippen LogP contribution in [0.4, 0.5) is 0 Å². The number of hydrogen-bond acceptors (Lipinski definition) is 6. The maximum Gasteiger partial charge on any atom is 0.0967 e. The molecule has 2 aliphatic rings. The van der Waals surface area contributed by atoms with E-state index >= 15 is 0 Å². The van der Waals surface area contributed by atoms with Crippen LogP contribution < -0.4 is 0 Å². The van der Waals surface area contributed by atoms with E-state index < -0.39 is 0 Å². The van der Waals surface area contributed by atoms with Gasteiger partial charge in [-0.25, -0.2) is 0 Å². The Hall–Kier alpha value is -1.02. The van der Waals surface area contributed by atoms with Crippen LogP contribution >= 0.6 is 0 Å². The van der Waals surface area contributed by atoms with Crippen LogP contribution in [0.1, 0.15) is 19.0 Å². The fourth-order valence-electron chi connectivity index (χ4n) is 3.35. The highest BCUT2D eigenvalue weighted by molar-refractivity contribution is 4.94. The molecule has 0 saturated carbocycles. The molecule has 7 heteroatoms. The van der Waals surface area contributed by atoms with Crippen LogP contribution in [0.25, 0.3) is 0 Å². The molecular weight excluding hydrogens is 282 g/mol. The molecule has 1 aromatic heterocycles. The minimum atomic E-state index is 0.242. The van der Waals surface area contributed by atoms with Crippen LogP contribution in [0.5, 0.6) is 0 Å². The summed E-state index contributed by atoms with van der Waals surface area (Å²) in [6.45, 7) is 9.79. The molecule has 1 N–H and O–H groups in total. The lowest BCUT2D eigenvalue weighted by molar-refractivity contribution is 0.0656. The van der Waals surface area contributed by atoms with Crippen LogP contribution in [-0.2, 0) is 17.8 Å². The highest BCUT2D eigenvalue weighted by Gasteiger charge is 2.24. The molecule has 0 spiro atoms. The van der Waals surface area contributed by atoms with Crippen LogP contribution in [0, 0.1) is 5.92 Å². The van der Waals surface area contributed by atoms with Crippen molar-refractivity contribution in [3.63, 3.8) is 0 Å². The molecular formula is C15H27N5O2. The van der Waals surface area contributed by atoms with Gasteiger partial charge in [-0.15, -0.1) is 5.10 Å². The zero-order valence-electron chi connectivity index (χ0n) is 13.4. The zero-order valence-corrected chi connectivity index (χ0v) is 13.4. The van der Waals surface area contributed by atoms with E-state index in [-0.39, 0.29) is 6.61 Å². The molecule has 3 rings (SSSR count). The Morgan fingerprint density at radius 2 is 2.32 bits per heavy atom.